The SMILES string of the molecule is Cc1cnc(CN(C)C(=O)C[C@@H]2C(=O)NCCN2Cc2ccc3ccccc3c2)[nH]1. The second-order valence-electron chi connectivity index (χ2n) is 7.93. The molecule has 0 aliphatic carbocycles. The number of hydrogen-bond acceptors (Lipinski definition) is 4. The van der Waals surface area contributed by atoms with Crippen LogP contribution in [0.1, 0.15) is 23.5 Å². The topological polar surface area (TPSA) is 81.3 Å². The molecule has 0 unspecified atom stereocenters. The highest BCUT2D eigenvalue weighted by molar-refractivity contribution is 5.89. The van der Waals surface area contributed by atoms with Crippen LogP contribution in [0.2, 0.25) is 0 Å². The number of aromatic amines is 1. The van der Waals surface area contributed by atoms with Crippen LogP contribution < -0.4 is 5.32 Å². The van der Waals surface area contributed by atoms with Gasteiger partial charge in [-0.3, -0.25) is 14.5 Å². The minimum atomic E-state index is -0.474. The molecule has 0 bridgehead atoms. The van der Waals surface area contributed by atoms with Gasteiger partial charge in [0.25, 0.3) is 0 Å². The van der Waals surface area contributed by atoms with Gasteiger partial charge < -0.3 is 15.2 Å². The number of piperazine rings is 1. The summed E-state index contributed by atoms with van der Waals surface area (Å²) in [6.07, 6.45) is 1.89. The van der Waals surface area contributed by atoms with E-state index in [2.05, 4.69) is 50.5 Å². The molecule has 2 aromatic carbocycles. The first-order valence-electron chi connectivity index (χ1n) is 10.2. The van der Waals surface area contributed by atoms with Gasteiger partial charge in [-0.05, 0) is 29.3 Å². The number of carbonyl (C=O) groups excluding carboxylic acids is 2. The highest BCUT2D eigenvalue weighted by Crippen LogP contribution is 2.20. The number of amides is 2. The van der Waals surface area contributed by atoms with Crippen LogP contribution >= 0.6 is 0 Å². The third-order valence-corrected chi connectivity index (χ3v) is 5.58. The molecule has 3 aromatic rings. The molecule has 2 amide bonds. The zero-order chi connectivity index (χ0) is 21.1. The Morgan fingerprint density at radius 2 is 2.03 bits per heavy atom. The van der Waals surface area contributed by atoms with Crippen LogP contribution in [0, 0.1) is 6.92 Å². The Hall–Kier alpha value is -3.19. The Bertz CT molecular complexity index is 1060. The molecule has 1 atom stereocenters. The smallest absolute Gasteiger partial charge is 0.237 e. The molecule has 30 heavy (non-hydrogen) atoms. The molecule has 2 N–H and O–H groups in total. The standard InChI is InChI=1S/C23H27N5O2/c1-16-13-25-21(26-16)15-27(2)22(29)12-20-23(30)24-9-10-28(20)14-17-7-8-18-5-3-4-6-19(18)11-17/h3-8,11,13,20H,9-10,12,14-15H2,1-2H3,(H,24,30)(H,25,26)/t20-/m1/s1. The number of hydrogen-bond donors (Lipinski definition) is 2. The highest BCUT2D eigenvalue weighted by atomic mass is 16.2. The van der Waals surface area contributed by atoms with Gasteiger partial charge in [0.1, 0.15) is 5.82 Å². The lowest BCUT2D eigenvalue weighted by Crippen LogP contribution is -2.56. The molecule has 4 rings (SSSR count). The van der Waals surface area contributed by atoms with Crippen molar-refractivity contribution in [1.29, 1.82) is 0 Å². The Kier molecular flexibility index (Phi) is 5.81. The van der Waals surface area contributed by atoms with E-state index in [0.29, 0.717) is 19.6 Å². The van der Waals surface area contributed by atoms with Crippen LogP contribution in [-0.2, 0) is 22.7 Å². The van der Waals surface area contributed by atoms with Crippen molar-refractivity contribution in [1.82, 2.24) is 25.1 Å². The molecule has 1 aliphatic heterocycles. The molecule has 7 nitrogen and oxygen atoms in total. The second-order valence-corrected chi connectivity index (χ2v) is 7.93. The highest BCUT2D eigenvalue weighted by Gasteiger charge is 2.32. The lowest BCUT2D eigenvalue weighted by molar-refractivity contribution is -0.138. The molecule has 0 spiro atoms. The monoisotopic (exact) mass is 405 g/mol. The number of nitrogens with zero attached hydrogens (tertiary/aromatic N) is 3. The van der Waals surface area contributed by atoms with Crippen molar-refractivity contribution in [2.24, 2.45) is 0 Å². The first-order chi connectivity index (χ1) is 14.5. The van der Waals surface area contributed by atoms with E-state index in [1.165, 1.54) is 10.8 Å². The maximum absolute atomic E-state index is 12.8. The van der Waals surface area contributed by atoms with E-state index in [4.69, 9.17) is 0 Å². The number of nitrogens with one attached hydrogen (secondary N) is 2. The summed E-state index contributed by atoms with van der Waals surface area (Å²) in [4.78, 5) is 36.5. The molecule has 1 fully saturated rings. The maximum atomic E-state index is 12.8. The summed E-state index contributed by atoms with van der Waals surface area (Å²) in [5.41, 5.74) is 2.10. The van der Waals surface area contributed by atoms with Gasteiger partial charge in [-0.15, -0.1) is 0 Å². The van der Waals surface area contributed by atoms with Crippen molar-refractivity contribution in [3.63, 3.8) is 0 Å². The number of imidazole rings is 1. The molecule has 2 heterocycles. The van der Waals surface area contributed by atoms with E-state index in [1.807, 2.05) is 19.1 Å². The molecule has 1 saturated heterocycles. The Balaban J connectivity index is 1.45. The van der Waals surface area contributed by atoms with E-state index in [9.17, 15) is 9.59 Å². The molecule has 1 aromatic heterocycles. The third-order valence-electron chi connectivity index (χ3n) is 5.58. The number of benzene rings is 2. The number of fused-ring (bicyclic) bond motifs is 1. The molecular weight excluding hydrogens is 378 g/mol. The summed E-state index contributed by atoms with van der Waals surface area (Å²) in [7, 11) is 1.74. The van der Waals surface area contributed by atoms with Crippen LogP contribution in [0.3, 0.4) is 0 Å². The van der Waals surface area contributed by atoms with E-state index in [1.54, 1.807) is 18.1 Å². The maximum Gasteiger partial charge on any atom is 0.237 e. The Morgan fingerprint density at radius 3 is 2.80 bits per heavy atom. The predicted octanol–water partition coefficient (Wildman–Crippen LogP) is 2.22. The van der Waals surface area contributed by atoms with E-state index < -0.39 is 6.04 Å². The second kappa shape index (κ2) is 8.67. The van der Waals surface area contributed by atoms with Gasteiger partial charge in [0.15, 0.2) is 0 Å². The number of carbonyl (C=O) groups is 2. The fraction of sp³-hybridized carbons (Fsp3) is 0.348. The van der Waals surface area contributed by atoms with Crippen molar-refractivity contribution in [3.05, 3.63) is 65.7 Å². The summed E-state index contributed by atoms with van der Waals surface area (Å²) >= 11 is 0. The third kappa shape index (κ3) is 4.52. The average molecular weight is 406 g/mol. The molecule has 0 saturated carbocycles. The van der Waals surface area contributed by atoms with Crippen molar-refractivity contribution in [2.45, 2.75) is 32.5 Å². The summed E-state index contributed by atoms with van der Waals surface area (Å²) in [5, 5.41) is 5.28. The largest absolute Gasteiger partial charge is 0.353 e. The Morgan fingerprint density at radius 1 is 1.23 bits per heavy atom. The minimum Gasteiger partial charge on any atom is -0.353 e. The van der Waals surface area contributed by atoms with Crippen molar-refractivity contribution < 1.29 is 9.59 Å². The van der Waals surface area contributed by atoms with Crippen LogP contribution in [0.25, 0.3) is 10.8 Å². The molecule has 156 valence electrons. The lowest BCUT2D eigenvalue weighted by Gasteiger charge is -2.35. The van der Waals surface area contributed by atoms with Gasteiger partial charge >= 0.3 is 0 Å². The van der Waals surface area contributed by atoms with E-state index in [0.717, 1.165) is 23.6 Å². The normalized spacial score (nSPS) is 17.1. The molecular formula is C23H27N5O2. The number of H-pyrrole nitrogens is 1. The zero-order valence-corrected chi connectivity index (χ0v) is 17.4. The first-order valence-corrected chi connectivity index (χ1v) is 10.2. The van der Waals surface area contributed by atoms with Gasteiger partial charge in [0.05, 0.1) is 19.0 Å². The van der Waals surface area contributed by atoms with Crippen molar-refractivity contribution >= 4 is 22.6 Å². The van der Waals surface area contributed by atoms with Gasteiger partial charge in [0, 0.05) is 38.6 Å². The summed E-state index contributed by atoms with van der Waals surface area (Å²) in [6.45, 7) is 4.27. The lowest BCUT2D eigenvalue weighted by atomic mass is 10.0. The molecule has 0 radical (unpaired) electrons. The summed E-state index contributed by atoms with van der Waals surface area (Å²) in [6, 6.07) is 14.1. The number of aryl methyl sites for hydroxylation is 1. The van der Waals surface area contributed by atoms with E-state index >= 15 is 0 Å². The van der Waals surface area contributed by atoms with E-state index in [-0.39, 0.29) is 18.2 Å². The van der Waals surface area contributed by atoms with Gasteiger partial charge in [0.2, 0.25) is 11.8 Å². The van der Waals surface area contributed by atoms with Crippen LogP contribution in [0.4, 0.5) is 0 Å². The number of rotatable bonds is 6. The fourth-order valence-corrected chi connectivity index (χ4v) is 3.93. The van der Waals surface area contributed by atoms with Crippen molar-refractivity contribution in [3.8, 4) is 0 Å². The quantitative estimate of drug-likeness (QED) is 0.659. The first kappa shape index (κ1) is 20.1. The molecule has 7 heteroatoms. The Labute approximate surface area is 176 Å². The summed E-state index contributed by atoms with van der Waals surface area (Å²) < 4.78 is 0. The van der Waals surface area contributed by atoms with Gasteiger partial charge in [-0.2, -0.15) is 0 Å². The van der Waals surface area contributed by atoms with Gasteiger partial charge in [-0.1, -0.05) is 36.4 Å². The molecule has 1 aliphatic rings. The average Bonchev–Trinajstić information content (AvgIpc) is 3.15. The van der Waals surface area contributed by atoms with Crippen LogP contribution in [0.5, 0.6) is 0 Å². The fourth-order valence-electron chi connectivity index (χ4n) is 3.93. The number of aromatic nitrogens is 2. The van der Waals surface area contributed by atoms with Crippen molar-refractivity contribution in [2.75, 3.05) is 20.1 Å². The predicted molar refractivity (Wildman–Crippen MR) is 116 cm³/mol. The van der Waals surface area contributed by atoms with Crippen LogP contribution in [0.15, 0.2) is 48.7 Å². The minimum absolute atomic E-state index is 0.0744. The van der Waals surface area contributed by atoms with Crippen LogP contribution in [-0.4, -0.2) is 57.8 Å². The van der Waals surface area contributed by atoms with Gasteiger partial charge in [-0.25, -0.2) is 4.98 Å². The summed E-state index contributed by atoms with van der Waals surface area (Å²) in [5.74, 6) is 0.580. The zero-order valence-electron chi connectivity index (χ0n) is 17.4.